The number of anilines is 1. The summed E-state index contributed by atoms with van der Waals surface area (Å²) in [6.07, 6.45) is 0.0143. The number of hydrogen-bond donors (Lipinski definition) is 2. The second-order valence-electron chi connectivity index (χ2n) is 6.76. The van der Waals surface area contributed by atoms with Crippen molar-refractivity contribution < 1.29 is 23.5 Å². The molecule has 0 atom stereocenters. The first-order chi connectivity index (χ1) is 15.9. The number of methoxy groups -OCH3 is 1. The summed E-state index contributed by atoms with van der Waals surface area (Å²) < 4.78 is 24.9. The van der Waals surface area contributed by atoms with Gasteiger partial charge >= 0.3 is 0 Å². The van der Waals surface area contributed by atoms with Gasteiger partial charge in [-0.25, -0.2) is 9.07 Å². The van der Waals surface area contributed by atoms with Crippen molar-refractivity contribution in [1.29, 1.82) is 0 Å². The first-order valence-corrected chi connectivity index (χ1v) is 10.8. The molecule has 0 aliphatic rings. The van der Waals surface area contributed by atoms with Gasteiger partial charge in [0, 0.05) is 18.7 Å². The number of halogens is 1. The number of amides is 2. The molecule has 0 spiro atoms. The predicted octanol–water partition coefficient (Wildman–Crippen LogP) is 1.72. The molecule has 0 fully saturated rings. The highest BCUT2D eigenvalue weighted by Gasteiger charge is 2.19. The quantitative estimate of drug-likeness (QED) is 0.316. The number of hydrogen-bond acceptors (Lipinski definition) is 8. The number of nitrogen functional groups attached to an aromatic ring is 1. The van der Waals surface area contributed by atoms with Crippen LogP contribution in [0.2, 0.25) is 0 Å². The summed E-state index contributed by atoms with van der Waals surface area (Å²) in [4.78, 5) is 25.6. The Bertz CT molecular complexity index is 1090. The molecule has 12 heteroatoms. The molecular formula is C21H23FN6O4S. The molecule has 1 heterocycles. The van der Waals surface area contributed by atoms with E-state index in [2.05, 4.69) is 10.2 Å². The zero-order valence-corrected chi connectivity index (χ0v) is 18.6. The lowest BCUT2D eigenvalue weighted by Crippen LogP contribution is -2.35. The van der Waals surface area contributed by atoms with E-state index in [1.54, 1.807) is 31.4 Å². The Labute approximate surface area is 193 Å². The molecule has 174 valence electrons. The fourth-order valence-electron chi connectivity index (χ4n) is 2.77. The van der Waals surface area contributed by atoms with Gasteiger partial charge in [-0.1, -0.05) is 11.8 Å². The standard InChI is InChI=1S/C21H23FN6O4S/c1-31-16-8-4-15(5-9-16)27(11-10-18(23)29)20(30)13-33-21-26-25-19(28(21)24)12-32-17-6-2-14(22)3-7-17/h2-9H,10-13,24H2,1H3,(H2,23,29). The smallest absolute Gasteiger partial charge is 0.237 e. The van der Waals surface area contributed by atoms with Gasteiger partial charge in [-0.05, 0) is 48.5 Å². The predicted molar refractivity (Wildman–Crippen MR) is 121 cm³/mol. The fraction of sp³-hybridized carbons (Fsp3) is 0.238. The SMILES string of the molecule is COc1ccc(N(CCC(N)=O)C(=O)CSc2nnc(COc3ccc(F)cc3)n2N)cc1. The number of nitrogens with two attached hydrogens (primary N) is 2. The minimum Gasteiger partial charge on any atom is -0.497 e. The molecule has 0 aliphatic heterocycles. The summed E-state index contributed by atoms with van der Waals surface area (Å²) in [5.41, 5.74) is 5.86. The summed E-state index contributed by atoms with van der Waals surface area (Å²) in [6, 6.07) is 12.4. The Kier molecular flexibility index (Phi) is 8.08. The van der Waals surface area contributed by atoms with Crippen LogP contribution in [0.15, 0.2) is 53.7 Å². The van der Waals surface area contributed by atoms with Gasteiger partial charge in [0.15, 0.2) is 5.82 Å². The lowest BCUT2D eigenvalue weighted by Gasteiger charge is -2.22. The minimum atomic E-state index is -0.513. The van der Waals surface area contributed by atoms with E-state index < -0.39 is 5.91 Å². The molecule has 2 aromatic carbocycles. The Hall–Kier alpha value is -3.80. The molecule has 0 saturated carbocycles. The van der Waals surface area contributed by atoms with Crippen LogP contribution in [0, 0.1) is 5.82 Å². The van der Waals surface area contributed by atoms with E-state index >= 15 is 0 Å². The van der Waals surface area contributed by atoms with Crippen LogP contribution in [0.5, 0.6) is 11.5 Å². The van der Waals surface area contributed by atoms with Crippen molar-refractivity contribution in [2.75, 3.05) is 30.1 Å². The third-order valence-electron chi connectivity index (χ3n) is 4.51. The number of thioether (sulfide) groups is 1. The number of aromatic nitrogens is 3. The Morgan fingerprint density at radius 2 is 1.76 bits per heavy atom. The number of nitrogens with zero attached hydrogens (tertiary/aromatic N) is 4. The van der Waals surface area contributed by atoms with Gasteiger partial charge in [0.05, 0.1) is 12.9 Å². The van der Waals surface area contributed by atoms with Crippen molar-refractivity contribution in [2.24, 2.45) is 5.73 Å². The van der Waals surface area contributed by atoms with Crippen molar-refractivity contribution in [3.63, 3.8) is 0 Å². The summed E-state index contributed by atoms with van der Waals surface area (Å²) in [5.74, 6) is 6.30. The number of carbonyl (C=O) groups is 2. The number of rotatable bonds is 11. The molecule has 0 radical (unpaired) electrons. The van der Waals surface area contributed by atoms with Crippen LogP contribution in [0.4, 0.5) is 10.1 Å². The second kappa shape index (κ2) is 11.2. The van der Waals surface area contributed by atoms with Crippen LogP contribution >= 0.6 is 11.8 Å². The molecule has 33 heavy (non-hydrogen) atoms. The molecule has 10 nitrogen and oxygen atoms in total. The largest absolute Gasteiger partial charge is 0.497 e. The maximum atomic E-state index is 13.0. The van der Waals surface area contributed by atoms with E-state index in [1.165, 1.54) is 33.8 Å². The molecule has 0 aliphatic carbocycles. The number of benzene rings is 2. The highest BCUT2D eigenvalue weighted by Crippen LogP contribution is 2.22. The molecular weight excluding hydrogens is 451 g/mol. The first-order valence-electron chi connectivity index (χ1n) is 9.80. The Morgan fingerprint density at radius 3 is 2.39 bits per heavy atom. The van der Waals surface area contributed by atoms with E-state index in [0.717, 1.165) is 11.8 Å². The van der Waals surface area contributed by atoms with E-state index in [1.807, 2.05) is 0 Å². The monoisotopic (exact) mass is 474 g/mol. The van der Waals surface area contributed by atoms with E-state index in [9.17, 15) is 14.0 Å². The first kappa shape index (κ1) is 23.9. The molecule has 4 N–H and O–H groups in total. The van der Waals surface area contributed by atoms with Crippen LogP contribution in [0.1, 0.15) is 12.2 Å². The summed E-state index contributed by atoms with van der Waals surface area (Å²) in [6.45, 7) is 0.146. The normalized spacial score (nSPS) is 10.6. The average Bonchev–Trinajstić information content (AvgIpc) is 3.17. The zero-order valence-electron chi connectivity index (χ0n) is 17.8. The van der Waals surface area contributed by atoms with Gasteiger partial charge in [0.2, 0.25) is 17.0 Å². The molecule has 0 unspecified atom stereocenters. The highest BCUT2D eigenvalue weighted by molar-refractivity contribution is 7.99. The lowest BCUT2D eigenvalue weighted by atomic mass is 10.2. The summed E-state index contributed by atoms with van der Waals surface area (Å²) in [5, 5.41) is 8.28. The third kappa shape index (κ3) is 6.59. The van der Waals surface area contributed by atoms with E-state index in [4.69, 9.17) is 21.1 Å². The van der Waals surface area contributed by atoms with Crippen molar-refractivity contribution in [2.45, 2.75) is 18.2 Å². The molecule has 0 saturated heterocycles. The Balaban J connectivity index is 1.62. The molecule has 1 aromatic heterocycles. The zero-order chi connectivity index (χ0) is 23.8. The summed E-state index contributed by atoms with van der Waals surface area (Å²) >= 11 is 1.09. The van der Waals surface area contributed by atoms with Gasteiger partial charge in [-0.15, -0.1) is 10.2 Å². The molecule has 2 amide bonds. The van der Waals surface area contributed by atoms with E-state index in [-0.39, 0.29) is 37.0 Å². The van der Waals surface area contributed by atoms with Crippen molar-refractivity contribution in [1.82, 2.24) is 14.9 Å². The van der Waals surface area contributed by atoms with Gasteiger partial charge in [0.1, 0.15) is 23.9 Å². The Morgan fingerprint density at radius 1 is 1.09 bits per heavy atom. The van der Waals surface area contributed by atoms with Crippen LogP contribution in [-0.4, -0.2) is 46.1 Å². The van der Waals surface area contributed by atoms with Gasteiger partial charge in [0.25, 0.3) is 0 Å². The van der Waals surface area contributed by atoms with Gasteiger partial charge < -0.3 is 25.9 Å². The molecule has 3 aromatic rings. The highest BCUT2D eigenvalue weighted by atomic mass is 32.2. The summed E-state index contributed by atoms with van der Waals surface area (Å²) in [7, 11) is 1.55. The maximum Gasteiger partial charge on any atom is 0.237 e. The van der Waals surface area contributed by atoms with Gasteiger partial charge in [-0.2, -0.15) is 0 Å². The van der Waals surface area contributed by atoms with E-state index in [0.29, 0.717) is 28.2 Å². The van der Waals surface area contributed by atoms with Crippen molar-refractivity contribution in [3.05, 3.63) is 60.2 Å². The number of ether oxygens (including phenoxy) is 2. The average molecular weight is 475 g/mol. The van der Waals surface area contributed by atoms with Gasteiger partial charge in [-0.3, -0.25) is 9.59 Å². The topological polar surface area (TPSA) is 139 Å². The maximum absolute atomic E-state index is 13.0. The number of carbonyl (C=O) groups excluding carboxylic acids is 2. The number of primary amides is 1. The molecule has 3 rings (SSSR count). The third-order valence-corrected chi connectivity index (χ3v) is 5.44. The van der Waals surface area contributed by atoms with Crippen LogP contribution in [0.3, 0.4) is 0 Å². The fourth-order valence-corrected chi connectivity index (χ4v) is 3.52. The van der Waals surface area contributed by atoms with Crippen molar-refractivity contribution in [3.8, 4) is 11.5 Å². The van der Waals surface area contributed by atoms with Crippen LogP contribution in [-0.2, 0) is 16.2 Å². The second-order valence-corrected chi connectivity index (χ2v) is 7.70. The van der Waals surface area contributed by atoms with Crippen LogP contribution < -0.4 is 25.9 Å². The lowest BCUT2D eigenvalue weighted by molar-refractivity contribution is -0.118. The van der Waals surface area contributed by atoms with Crippen LogP contribution in [0.25, 0.3) is 0 Å². The van der Waals surface area contributed by atoms with Crippen molar-refractivity contribution >= 4 is 29.3 Å². The molecule has 0 bridgehead atoms. The minimum absolute atomic E-state index is 0.00105.